The van der Waals surface area contributed by atoms with Gasteiger partial charge in [0.05, 0.1) is 12.8 Å². The van der Waals surface area contributed by atoms with Gasteiger partial charge >= 0.3 is 0 Å². The molecule has 6 rings (SSSR count). The lowest BCUT2D eigenvalue weighted by molar-refractivity contribution is 0.112. The number of aldehydes is 1. The topological polar surface area (TPSA) is 57.3 Å². The van der Waals surface area contributed by atoms with E-state index in [9.17, 15) is 4.79 Å². The maximum absolute atomic E-state index is 11.2. The summed E-state index contributed by atoms with van der Waals surface area (Å²) in [5.74, 6) is 2.18. The molecule has 164 valence electrons. The number of aromatic nitrogens is 2. The second-order valence-electron chi connectivity index (χ2n) is 8.87. The Morgan fingerprint density at radius 1 is 1.09 bits per heavy atom. The maximum Gasteiger partial charge on any atom is 0.213 e. The molecule has 0 amide bonds. The highest BCUT2D eigenvalue weighted by atomic mass is 16.5. The van der Waals surface area contributed by atoms with E-state index < -0.39 is 0 Å². The summed E-state index contributed by atoms with van der Waals surface area (Å²) in [5, 5.41) is 2.23. The second-order valence-corrected chi connectivity index (χ2v) is 8.87. The van der Waals surface area contributed by atoms with E-state index in [4.69, 9.17) is 9.15 Å². The first-order chi connectivity index (χ1) is 16.1. The Morgan fingerprint density at radius 3 is 2.73 bits per heavy atom. The minimum atomic E-state index is 0.606. The van der Waals surface area contributed by atoms with Gasteiger partial charge in [0.15, 0.2) is 5.76 Å². The number of rotatable bonds is 6. The molecule has 1 aliphatic carbocycles. The van der Waals surface area contributed by atoms with Crippen LogP contribution in [0.4, 0.5) is 0 Å². The molecule has 0 saturated heterocycles. The number of hydrogen-bond donors (Lipinski definition) is 0. The van der Waals surface area contributed by atoms with Crippen LogP contribution in [0.2, 0.25) is 0 Å². The number of pyridine rings is 1. The highest BCUT2D eigenvalue weighted by Crippen LogP contribution is 2.40. The standard InChI is InChI=1S/C28H24N2O3/c1-17-23-8-5-19(16-31)11-26(23)33-28(17)25-13-22-7-6-20(21-9-10-29-27(14-21)32-2)12-24(22)30(25)15-18-3-4-18/h5-14,16,18H,3-4,15H2,1-2H3. The highest BCUT2D eigenvalue weighted by Gasteiger charge is 2.26. The Bertz CT molecular complexity index is 1520. The van der Waals surface area contributed by atoms with E-state index in [1.54, 1.807) is 13.3 Å². The van der Waals surface area contributed by atoms with Crippen LogP contribution < -0.4 is 4.74 Å². The van der Waals surface area contributed by atoms with Crippen molar-refractivity contribution < 1.29 is 13.9 Å². The van der Waals surface area contributed by atoms with Crippen LogP contribution in [-0.2, 0) is 6.54 Å². The molecule has 5 aromatic rings. The van der Waals surface area contributed by atoms with Gasteiger partial charge in [-0.05, 0) is 61.1 Å². The Morgan fingerprint density at radius 2 is 1.94 bits per heavy atom. The SMILES string of the molecule is COc1cc(-c2ccc3cc(-c4oc5cc(C=O)ccc5c4C)n(CC4CC4)c3c2)ccn1. The molecule has 0 radical (unpaired) electrons. The van der Waals surface area contributed by atoms with Crippen LogP contribution >= 0.6 is 0 Å². The van der Waals surface area contributed by atoms with Gasteiger partial charge in [-0.1, -0.05) is 24.3 Å². The van der Waals surface area contributed by atoms with Crippen molar-refractivity contribution in [2.45, 2.75) is 26.3 Å². The fraction of sp³-hybridized carbons (Fsp3) is 0.214. The fourth-order valence-electron chi connectivity index (χ4n) is 4.64. The summed E-state index contributed by atoms with van der Waals surface area (Å²) in [7, 11) is 1.64. The molecular weight excluding hydrogens is 412 g/mol. The zero-order chi connectivity index (χ0) is 22.5. The summed E-state index contributed by atoms with van der Waals surface area (Å²) >= 11 is 0. The number of benzene rings is 2. The van der Waals surface area contributed by atoms with Crippen molar-refractivity contribution in [3.05, 3.63) is 71.9 Å². The summed E-state index contributed by atoms with van der Waals surface area (Å²) in [5.41, 5.74) is 6.95. The first kappa shape index (κ1) is 19.8. The molecule has 5 heteroatoms. The normalized spacial score (nSPS) is 13.6. The molecule has 2 aromatic carbocycles. The molecule has 0 unspecified atom stereocenters. The predicted octanol–water partition coefficient (Wildman–Crippen LogP) is 6.66. The molecule has 1 aliphatic rings. The molecule has 5 nitrogen and oxygen atoms in total. The monoisotopic (exact) mass is 436 g/mol. The quantitative estimate of drug-likeness (QED) is 0.279. The van der Waals surface area contributed by atoms with E-state index in [0.717, 1.165) is 51.9 Å². The Labute approximate surface area is 191 Å². The number of aryl methyl sites for hydroxylation is 1. The van der Waals surface area contributed by atoms with Crippen molar-refractivity contribution in [3.8, 4) is 28.5 Å². The smallest absolute Gasteiger partial charge is 0.213 e. The molecule has 1 fully saturated rings. The van der Waals surface area contributed by atoms with E-state index in [1.165, 1.54) is 23.7 Å². The van der Waals surface area contributed by atoms with E-state index in [1.807, 2.05) is 30.3 Å². The number of carbonyl (C=O) groups excluding carboxylic acids is 1. The van der Waals surface area contributed by atoms with Crippen LogP contribution in [0.1, 0.15) is 28.8 Å². The van der Waals surface area contributed by atoms with Crippen molar-refractivity contribution in [1.29, 1.82) is 0 Å². The zero-order valence-electron chi connectivity index (χ0n) is 18.7. The van der Waals surface area contributed by atoms with E-state index in [-0.39, 0.29) is 0 Å². The Balaban J connectivity index is 1.54. The van der Waals surface area contributed by atoms with Crippen molar-refractivity contribution in [2.24, 2.45) is 5.92 Å². The van der Waals surface area contributed by atoms with Gasteiger partial charge in [-0.2, -0.15) is 0 Å². The summed E-state index contributed by atoms with van der Waals surface area (Å²) in [4.78, 5) is 15.5. The van der Waals surface area contributed by atoms with Gasteiger partial charge in [-0.25, -0.2) is 4.98 Å². The summed E-state index contributed by atoms with van der Waals surface area (Å²) in [6, 6.07) is 18.4. The molecule has 3 heterocycles. The minimum Gasteiger partial charge on any atom is -0.481 e. The number of hydrogen-bond acceptors (Lipinski definition) is 4. The number of furan rings is 1. The molecule has 0 bridgehead atoms. The first-order valence-electron chi connectivity index (χ1n) is 11.3. The number of ether oxygens (including phenoxy) is 1. The molecular formula is C28H24N2O3. The van der Waals surface area contributed by atoms with Crippen molar-refractivity contribution in [2.75, 3.05) is 7.11 Å². The maximum atomic E-state index is 11.2. The molecule has 0 spiro atoms. The van der Waals surface area contributed by atoms with Crippen LogP contribution in [0, 0.1) is 12.8 Å². The third kappa shape index (κ3) is 3.41. The third-order valence-electron chi connectivity index (χ3n) is 6.65. The van der Waals surface area contributed by atoms with Crippen molar-refractivity contribution in [3.63, 3.8) is 0 Å². The van der Waals surface area contributed by atoms with Gasteiger partial charge in [-0.15, -0.1) is 0 Å². The fourth-order valence-corrected chi connectivity index (χ4v) is 4.64. The van der Waals surface area contributed by atoms with Gasteiger partial charge < -0.3 is 13.7 Å². The second kappa shape index (κ2) is 7.62. The van der Waals surface area contributed by atoms with Crippen LogP contribution in [-0.4, -0.2) is 22.9 Å². The van der Waals surface area contributed by atoms with Crippen LogP contribution in [0.25, 0.3) is 44.5 Å². The van der Waals surface area contributed by atoms with Gasteiger partial charge in [0.2, 0.25) is 5.88 Å². The average molecular weight is 437 g/mol. The number of methoxy groups -OCH3 is 1. The van der Waals surface area contributed by atoms with Gasteiger partial charge in [0.1, 0.15) is 11.9 Å². The van der Waals surface area contributed by atoms with Crippen molar-refractivity contribution >= 4 is 28.2 Å². The predicted molar refractivity (Wildman–Crippen MR) is 130 cm³/mol. The van der Waals surface area contributed by atoms with Crippen LogP contribution in [0.5, 0.6) is 5.88 Å². The van der Waals surface area contributed by atoms with Crippen molar-refractivity contribution in [1.82, 2.24) is 9.55 Å². The van der Waals surface area contributed by atoms with E-state index in [2.05, 4.69) is 40.7 Å². The molecule has 0 N–H and O–H groups in total. The van der Waals surface area contributed by atoms with Crippen LogP contribution in [0.15, 0.2) is 65.2 Å². The van der Waals surface area contributed by atoms with E-state index >= 15 is 0 Å². The van der Waals surface area contributed by atoms with Crippen LogP contribution in [0.3, 0.4) is 0 Å². The number of nitrogens with zero attached hydrogens (tertiary/aromatic N) is 2. The third-order valence-corrected chi connectivity index (χ3v) is 6.65. The highest BCUT2D eigenvalue weighted by molar-refractivity contribution is 5.95. The lowest BCUT2D eigenvalue weighted by Gasteiger charge is -2.11. The molecule has 1 saturated carbocycles. The summed E-state index contributed by atoms with van der Waals surface area (Å²) in [6.45, 7) is 3.06. The summed E-state index contributed by atoms with van der Waals surface area (Å²) < 4.78 is 14.1. The average Bonchev–Trinajstić information content (AvgIpc) is 3.53. The molecule has 3 aromatic heterocycles. The lowest BCUT2D eigenvalue weighted by atomic mass is 10.1. The van der Waals surface area contributed by atoms with Gasteiger partial charge in [0.25, 0.3) is 0 Å². The molecule has 0 aliphatic heterocycles. The summed E-state index contributed by atoms with van der Waals surface area (Å²) in [6.07, 6.45) is 5.17. The minimum absolute atomic E-state index is 0.606. The zero-order valence-corrected chi connectivity index (χ0v) is 18.7. The van der Waals surface area contributed by atoms with E-state index in [0.29, 0.717) is 17.4 Å². The number of fused-ring (bicyclic) bond motifs is 2. The first-order valence-corrected chi connectivity index (χ1v) is 11.3. The number of carbonyl (C=O) groups is 1. The van der Waals surface area contributed by atoms with Gasteiger partial charge in [-0.3, -0.25) is 4.79 Å². The van der Waals surface area contributed by atoms with Gasteiger partial charge in [0, 0.05) is 46.2 Å². The Kier molecular flexibility index (Phi) is 4.57. The Hall–Kier alpha value is -3.86. The largest absolute Gasteiger partial charge is 0.481 e. The lowest BCUT2D eigenvalue weighted by Crippen LogP contribution is -2.02. The molecule has 33 heavy (non-hydrogen) atoms. The molecule has 0 atom stereocenters.